The number of rotatable bonds is 13. The molecule has 222 valence electrons. The Labute approximate surface area is 250 Å². The zero-order valence-electron chi connectivity index (χ0n) is 24.6. The van der Waals surface area contributed by atoms with E-state index in [-0.39, 0.29) is 41.3 Å². The highest BCUT2D eigenvalue weighted by Crippen LogP contribution is 2.44. The van der Waals surface area contributed by atoms with E-state index in [1.54, 1.807) is 0 Å². The van der Waals surface area contributed by atoms with Crippen molar-refractivity contribution in [3.63, 3.8) is 0 Å². The van der Waals surface area contributed by atoms with Gasteiger partial charge in [0.05, 0.1) is 5.56 Å². The highest BCUT2D eigenvalue weighted by atomic mass is 16.5. The molecule has 0 atom stereocenters. The monoisotopic (exact) mass is 582 g/mol. The number of methoxy groups -OCH3 is 1. The molecule has 0 unspecified atom stereocenters. The molecule has 5 rings (SSSR count). The van der Waals surface area contributed by atoms with Gasteiger partial charge in [-0.05, 0) is 35.6 Å². The van der Waals surface area contributed by atoms with E-state index in [2.05, 4.69) is 34.5 Å². The van der Waals surface area contributed by atoms with Gasteiger partial charge in [-0.15, -0.1) is 0 Å². The lowest BCUT2D eigenvalue weighted by Crippen LogP contribution is -2.23. The number of carbonyl (C=O) groups is 1. The second-order valence-electron chi connectivity index (χ2n) is 10.1. The van der Waals surface area contributed by atoms with Crippen LogP contribution in [-0.4, -0.2) is 34.9 Å². The average Bonchev–Trinajstić information content (AvgIpc) is 3.67. The van der Waals surface area contributed by atoms with Gasteiger partial charge in [0.25, 0.3) is 11.8 Å². The predicted octanol–water partition coefficient (Wildman–Crippen LogP) is 6.57. The fourth-order valence-electron chi connectivity index (χ4n) is 4.54. The fraction of sp³-hybridized carbons (Fsp3) is 0.273. The molecular weight excluding hydrogens is 548 g/mol. The Morgan fingerprint density at radius 3 is 2.12 bits per heavy atom. The maximum absolute atomic E-state index is 13.1. The summed E-state index contributed by atoms with van der Waals surface area (Å²) in [6, 6.07) is 23.6. The molecule has 0 radical (unpaired) electrons. The van der Waals surface area contributed by atoms with Crippen molar-refractivity contribution in [3.05, 3.63) is 101 Å². The highest BCUT2D eigenvalue weighted by molar-refractivity contribution is 6.01. The van der Waals surface area contributed by atoms with Crippen LogP contribution in [-0.2, 0) is 24.6 Å². The summed E-state index contributed by atoms with van der Waals surface area (Å²) in [5, 5.41) is 11.0. The van der Waals surface area contributed by atoms with E-state index in [0.29, 0.717) is 36.8 Å². The molecule has 5 aromatic rings. The van der Waals surface area contributed by atoms with Gasteiger partial charge in [0.2, 0.25) is 5.82 Å². The molecule has 0 fully saturated rings. The summed E-state index contributed by atoms with van der Waals surface area (Å²) in [4.78, 5) is 17.5. The average molecular weight is 583 g/mol. The number of carbonyl (C=O) groups excluding carboxylic acids is 1. The summed E-state index contributed by atoms with van der Waals surface area (Å²) in [5.41, 5.74) is 3.84. The first-order chi connectivity index (χ1) is 21.0. The quantitative estimate of drug-likeness (QED) is 0.164. The third-order valence-electron chi connectivity index (χ3n) is 6.66. The van der Waals surface area contributed by atoms with Crippen molar-refractivity contribution in [1.29, 1.82) is 0 Å². The lowest BCUT2D eigenvalue weighted by atomic mass is 9.96. The number of amides is 1. The van der Waals surface area contributed by atoms with Crippen LogP contribution in [0.25, 0.3) is 22.7 Å². The lowest BCUT2D eigenvalue weighted by Gasteiger charge is -2.19. The Balaban J connectivity index is 1.64. The van der Waals surface area contributed by atoms with Crippen LogP contribution in [0.3, 0.4) is 0 Å². The molecule has 10 heteroatoms. The normalized spacial score (nSPS) is 11.1. The van der Waals surface area contributed by atoms with Crippen molar-refractivity contribution >= 4 is 5.91 Å². The van der Waals surface area contributed by atoms with Crippen molar-refractivity contribution in [3.8, 4) is 34.2 Å². The van der Waals surface area contributed by atoms with Crippen molar-refractivity contribution in [1.82, 2.24) is 20.6 Å². The van der Waals surface area contributed by atoms with Gasteiger partial charge < -0.3 is 28.6 Å². The molecule has 0 spiro atoms. The first-order valence-electron chi connectivity index (χ1n) is 14.1. The van der Waals surface area contributed by atoms with Gasteiger partial charge in [-0.2, -0.15) is 4.98 Å². The van der Waals surface area contributed by atoms with Crippen molar-refractivity contribution in [2.45, 2.75) is 46.5 Å². The smallest absolute Gasteiger partial charge is 0.274 e. The number of nitrogens with zero attached hydrogens (tertiary/aromatic N) is 3. The number of hydrogen-bond acceptors (Lipinski definition) is 9. The van der Waals surface area contributed by atoms with Gasteiger partial charge in [0, 0.05) is 19.7 Å². The summed E-state index contributed by atoms with van der Waals surface area (Å²) in [6.07, 6.45) is 0. The Bertz CT molecular complexity index is 1650. The Hall–Kier alpha value is -4.96. The van der Waals surface area contributed by atoms with E-state index in [1.807, 2.05) is 79.7 Å². The van der Waals surface area contributed by atoms with Gasteiger partial charge in [0.1, 0.15) is 36.9 Å². The summed E-state index contributed by atoms with van der Waals surface area (Å²) >= 11 is 0. The number of ether oxygens (including phenoxy) is 3. The first-order valence-corrected chi connectivity index (χ1v) is 14.1. The second kappa shape index (κ2) is 13.8. The van der Waals surface area contributed by atoms with Crippen LogP contribution in [0.1, 0.15) is 59.8 Å². The SMILES string of the molecule is CCNC(=O)c1noc(-c2cc(C(C)C)c(OCc3ccccc3)cc2OCc2ccccc2)c1-c1noc(COC)n1. The highest BCUT2D eigenvalue weighted by Gasteiger charge is 2.30. The van der Waals surface area contributed by atoms with Crippen molar-refractivity contribution < 1.29 is 28.1 Å². The molecule has 0 aliphatic carbocycles. The Kier molecular flexibility index (Phi) is 9.48. The second-order valence-corrected chi connectivity index (χ2v) is 10.1. The lowest BCUT2D eigenvalue weighted by molar-refractivity contribution is 0.0947. The molecule has 0 bridgehead atoms. The van der Waals surface area contributed by atoms with Crippen LogP contribution >= 0.6 is 0 Å². The maximum atomic E-state index is 13.1. The van der Waals surface area contributed by atoms with Crippen molar-refractivity contribution in [2.24, 2.45) is 0 Å². The van der Waals surface area contributed by atoms with E-state index in [0.717, 1.165) is 16.7 Å². The predicted molar refractivity (Wildman–Crippen MR) is 160 cm³/mol. The summed E-state index contributed by atoms with van der Waals surface area (Å²) in [5.74, 6) is 1.48. The largest absolute Gasteiger partial charge is 0.488 e. The molecular formula is C33H34N4O6. The summed E-state index contributed by atoms with van der Waals surface area (Å²) in [6.45, 7) is 7.17. The van der Waals surface area contributed by atoms with Gasteiger partial charge in [-0.1, -0.05) is 84.8 Å². The third-order valence-corrected chi connectivity index (χ3v) is 6.66. The molecule has 10 nitrogen and oxygen atoms in total. The number of nitrogens with one attached hydrogen (secondary N) is 1. The molecule has 1 amide bonds. The van der Waals surface area contributed by atoms with E-state index in [9.17, 15) is 4.79 Å². The minimum absolute atomic E-state index is 0.0335. The topological polar surface area (TPSA) is 122 Å². The molecule has 0 saturated carbocycles. The summed E-state index contributed by atoms with van der Waals surface area (Å²) < 4.78 is 29.1. The van der Waals surface area contributed by atoms with Crippen LogP contribution < -0.4 is 14.8 Å². The molecule has 2 aromatic heterocycles. The van der Waals surface area contributed by atoms with Gasteiger partial charge >= 0.3 is 0 Å². The first kappa shape index (κ1) is 29.5. The van der Waals surface area contributed by atoms with Gasteiger partial charge in [-0.3, -0.25) is 4.79 Å². The Morgan fingerprint density at radius 2 is 1.51 bits per heavy atom. The van der Waals surface area contributed by atoms with E-state index < -0.39 is 5.91 Å². The van der Waals surface area contributed by atoms with E-state index in [1.165, 1.54) is 7.11 Å². The number of hydrogen-bond donors (Lipinski definition) is 1. The summed E-state index contributed by atoms with van der Waals surface area (Å²) in [7, 11) is 1.53. The minimum atomic E-state index is -0.427. The minimum Gasteiger partial charge on any atom is -0.488 e. The van der Waals surface area contributed by atoms with Crippen LogP contribution in [0.4, 0.5) is 0 Å². The molecule has 0 aliphatic heterocycles. The number of benzene rings is 3. The van der Waals surface area contributed by atoms with Gasteiger partial charge in [-0.25, -0.2) is 0 Å². The zero-order chi connectivity index (χ0) is 30.2. The third kappa shape index (κ3) is 6.92. The van der Waals surface area contributed by atoms with E-state index >= 15 is 0 Å². The van der Waals surface area contributed by atoms with Crippen LogP contribution in [0.5, 0.6) is 11.5 Å². The standard InChI is InChI=1S/C33H34N4O6/c1-5-34-33(38)30-29(32-35-28(20-39-4)42-37-32)31(43-36-30)25-16-24(21(2)3)26(40-18-22-12-8-6-9-13-22)17-27(25)41-19-23-14-10-7-11-15-23/h6-17,21H,5,18-20H2,1-4H3,(H,34,38). The zero-order valence-corrected chi connectivity index (χ0v) is 24.6. The fourth-order valence-corrected chi connectivity index (χ4v) is 4.54. The molecule has 3 aromatic carbocycles. The molecule has 0 saturated heterocycles. The van der Waals surface area contributed by atoms with Gasteiger partial charge in [0.15, 0.2) is 11.5 Å². The molecule has 1 N–H and O–H groups in total. The van der Waals surface area contributed by atoms with E-state index in [4.69, 9.17) is 23.3 Å². The molecule has 0 aliphatic rings. The Morgan fingerprint density at radius 1 is 0.860 bits per heavy atom. The maximum Gasteiger partial charge on any atom is 0.274 e. The van der Waals surface area contributed by atoms with Crippen LogP contribution in [0, 0.1) is 0 Å². The molecule has 2 heterocycles. The van der Waals surface area contributed by atoms with Crippen LogP contribution in [0.15, 0.2) is 81.8 Å². The molecule has 43 heavy (non-hydrogen) atoms. The van der Waals surface area contributed by atoms with Crippen molar-refractivity contribution in [2.75, 3.05) is 13.7 Å². The van der Waals surface area contributed by atoms with Crippen LogP contribution in [0.2, 0.25) is 0 Å². The number of aromatic nitrogens is 3.